The number of nitrogens with two attached hydrogens (primary N) is 1. The van der Waals surface area contributed by atoms with E-state index in [4.69, 9.17) is 5.73 Å². The van der Waals surface area contributed by atoms with Gasteiger partial charge in [0.2, 0.25) is 5.91 Å². The van der Waals surface area contributed by atoms with Crippen LogP contribution in [0.1, 0.15) is 19.3 Å². The standard InChI is InChI=1S/C7H12N2O.ClH/c8-5-6(10)9-4-7(5)2-1-3-7;/h5H,1-4,8H2,(H,9,10);1H. The van der Waals surface area contributed by atoms with Crippen LogP contribution in [-0.2, 0) is 4.79 Å². The van der Waals surface area contributed by atoms with Crippen molar-refractivity contribution in [2.24, 2.45) is 11.1 Å². The lowest BCUT2D eigenvalue weighted by Crippen LogP contribution is -2.47. The Morgan fingerprint density at radius 2 is 2.18 bits per heavy atom. The number of carbonyl (C=O) groups is 1. The highest BCUT2D eigenvalue weighted by molar-refractivity contribution is 5.85. The first kappa shape index (κ1) is 8.81. The van der Waals surface area contributed by atoms with Crippen LogP contribution in [0.2, 0.25) is 0 Å². The summed E-state index contributed by atoms with van der Waals surface area (Å²) in [5, 5.41) is 2.80. The Labute approximate surface area is 72.1 Å². The number of halogens is 1. The summed E-state index contributed by atoms with van der Waals surface area (Å²) < 4.78 is 0. The minimum atomic E-state index is -0.221. The first-order valence-electron chi connectivity index (χ1n) is 3.78. The minimum Gasteiger partial charge on any atom is -0.354 e. The van der Waals surface area contributed by atoms with Crippen molar-refractivity contribution in [2.75, 3.05) is 6.54 Å². The zero-order valence-electron chi connectivity index (χ0n) is 6.30. The van der Waals surface area contributed by atoms with Crippen molar-refractivity contribution in [3.63, 3.8) is 0 Å². The zero-order chi connectivity index (χ0) is 7.19. The summed E-state index contributed by atoms with van der Waals surface area (Å²) in [4.78, 5) is 10.9. The van der Waals surface area contributed by atoms with Crippen molar-refractivity contribution in [3.8, 4) is 0 Å². The monoisotopic (exact) mass is 176 g/mol. The lowest BCUT2D eigenvalue weighted by molar-refractivity contribution is -0.121. The second kappa shape index (κ2) is 2.64. The van der Waals surface area contributed by atoms with Gasteiger partial charge in [0.25, 0.3) is 0 Å². The lowest BCUT2D eigenvalue weighted by atomic mass is 9.66. The second-order valence-electron chi connectivity index (χ2n) is 3.41. The molecule has 3 nitrogen and oxygen atoms in total. The van der Waals surface area contributed by atoms with Crippen molar-refractivity contribution in [1.29, 1.82) is 0 Å². The SMILES string of the molecule is Cl.NC1C(=O)NCC12CCC2. The predicted molar refractivity (Wildman–Crippen MR) is 44.5 cm³/mol. The van der Waals surface area contributed by atoms with Gasteiger partial charge in [0.1, 0.15) is 0 Å². The van der Waals surface area contributed by atoms with Crippen LogP contribution in [0.3, 0.4) is 0 Å². The minimum absolute atomic E-state index is 0. The van der Waals surface area contributed by atoms with Gasteiger partial charge in [-0.2, -0.15) is 0 Å². The molecule has 1 saturated heterocycles. The van der Waals surface area contributed by atoms with Gasteiger partial charge < -0.3 is 11.1 Å². The molecule has 1 spiro atoms. The van der Waals surface area contributed by atoms with Crippen molar-refractivity contribution in [2.45, 2.75) is 25.3 Å². The lowest BCUT2D eigenvalue weighted by Gasteiger charge is -2.39. The maximum Gasteiger partial charge on any atom is 0.237 e. The molecule has 2 fully saturated rings. The predicted octanol–water partition coefficient (Wildman–Crippen LogP) is 0.0356. The fourth-order valence-corrected chi connectivity index (χ4v) is 1.88. The molecule has 0 aromatic carbocycles. The van der Waals surface area contributed by atoms with E-state index in [9.17, 15) is 4.79 Å². The number of hydrogen-bond acceptors (Lipinski definition) is 2. The Hall–Kier alpha value is -0.280. The molecule has 0 bridgehead atoms. The molecule has 1 heterocycles. The van der Waals surface area contributed by atoms with E-state index in [1.165, 1.54) is 6.42 Å². The molecular weight excluding hydrogens is 164 g/mol. The van der Waals surface area contributed by atoms with Gasteiger partial charge in [-0.3, -0.25) is 4.79 Å². The van der Waals surface area contributed by atoms with Gasteiger partial charge in [-0.25, -0.2) is 0 Å². The van der Waals surface area contributed by atoms with Crippen LogP contribution in [0, 0.1) is 5.41 Å². The average Bonchev–Trinajstić information content (AvgIpc) is 2.10. The Bertz CT molecular complexity index is 179. The van der Waals surface area contributed by atoms with E-state index >= 15 is 0 Å². The van der Waals surface area contributed by atoms with Crippen molar-refractivity contribution >= 4 is 18.3 Å². The van der Waals surface area contributed by atoms with Crippen molar-refractivity contribution < 1.29 is 4.79 Å². The normalized spacial score (nSPS) is 32.5. The molecule has 4 heteroatoms. The third kappa shape index (κ3) is 1.03. The first-order chi connectivity index (χ1) is 4.75. The highest BCUT2D eigenvalue weighted by Crippen LogP contribution is 2.44. The molecule has 0 radical (unpaired) electrons. The van der Waals surface area contributed by atoms with Crippen LogP contribution in [0.25, 0.3) is 0 Å². The van der Waals surface area contributed by atoms with Crippen LogP contribution < -0.4 is 11.1 Å². The van der Waals surface area contributed by atoms with E-state index in [0.29, 0.717) is 0 Å². The topological polar surface area (TPSA) is 55.1 Å². The molecule has 0 aromatic rings. The Kier molecular flexibility index (Phi) is 2.12. The number of amides is 1. The molecule has 64 valence electrons. The van der Waals surface area contributed by atoms with E-state index in [1.807, 2.05) is 0 Å². The third-order valence-electron chi connectivity index (χ3n) is 2.91. The smallest absolute Gasteiger partial charge is 0.237 e. The second-order valence-corrected chi connectivity index (χ2v) is 3.41. The van der Waals surface area contributed by atoms with Gasteiger partial charge in [-0.1, -0.05) is 6.42 Å². The van der Waals surface area contributed by atoms with E-state index in [0.717, 1.165) is 19.4 Å². The summed E-state index contributed by atoms with van der Waals surface area (Å²) in [6.07, 6.45) is 3.50. The molecule has 3 N–H and O–H groups in total. The maximum absolute atomic E-state index is 10.9. The Morgan fingerprint density at radius 3 is 2.36 bits per heavy atom. The van der Waals surface area contributed by atoms with E-state index in [-0.39, 0.29) is 29.8 Å². The van der Waals surface area contributed by atoms with Crippen molar-refractivity contribution in [1.82, 2.24) is 5.32 Å². The van der Waals surface area contributed by atoms with Crippen LogP contribution in [0.4, 0.5) is 0 Å². The van der Waals surface area contributed by atoms with Gasteiger partial charge in [0.05, 0.1) is 6.04 Å². The van der Waals surface area contributed by atoms with Crippen LogP contribution >= 0.6 is 12.4 Å². The molecule has 11 heavy (non-hydrogen) atoms. The number of carbonyl (C=O) groups excluding carboxylic acids is 1. The molecule has 2 rings (SSSR count). The largest absolute Gasteiger partial charge is 0.354 e. The summed E-state index contributed by atoms with van der Waals surface area (Å²) >= 11 is 0. The molecule has 1 saturated carbocycles. The molecule has 1 atom stereocenters. The molecule has 2 aliphatic rings. The summed E-state index contributed by atoms with van der Waals surface area (Å²) in [5.74, 6) is 0.0414. The summed E-state index contributed by atoms with van der Waals surface area (Å²) in [6.45, 7) is 0.812. The fourth-order valence-electron chi connectivity index (χ4n) is 1.88. The van der Waals surface area contributed by atoms with Gasteiger partial charge >= 0.3 is 0 Å². The number of nitrogens with one attached hydrogen (secondary N) is 1. The summed E-state index contributed by atoms with van der Waals surface area (Å²) in [6, 6.07) is -0.221. The summed E-state index contributed by atoms with van der Waals surface area (Å²) in [7, 11) is 0. The maximum atomic E-state index is 10.9. The zero-order valence-corrected chi connectivity index (χ0v) is 7.12. The Balaban J connectivity index is 0.000000605. The molecule has 1 aliphatic carbocycles. The molecule has 0 aromatic heterocycles. The van der Waals surface area contributed by atoms with E-state index < -0.39 is 0 Å². The highest BCUT2D eigenvalue weighted by Gasteiger charge is 2.49. The van der Waals surface area contributed by atoms with Gasteiger partial charge in [0, 0.05) is 12.0 Å². The van der Waals surface area contributed by atoms with Crippen LogP contribution in [0.15, 0.2) is 0 Å². The first-order valence-corrected chi connectivity index (χ1v) is 3.78. The van der Waals surface area contributed by atoms with E-state index in [2.05, 4.69) is 5.32 Å². The molecule has 1 aliphatic heterocycles. The molecule has 1 unspecified atom stereocenters. The Morgan fingerprint density at radius 1 is 1.55 bits per heavy atom. The third-order valence-corrected chi connectivity index (χ3v) is 2.91. The number of rotatable bonds is 0. The molecular formula is C7H13ClN2O. The van der Waals surface area contributed by atoms with Crippen LogP contribution in [0.5, 0.6) is 0 Å². The van der Waals surface area contributed by atoms with Gasteiger partial charge in [-0.15, -0.1) is 12.4 Å². The van der Waals surface area contributed by atoms with Gasteiger partial charge in [0.15, 0.2) is 0 Å². The quantitative estimate of drug-likeness (QED) is 0.548. The molecule has 1 amide bonds. The van der Waals surface area contributed by atoms with E-state index in [1.54, 1.807) is 0 Å². The summed E-state index contributed by atoms with van der Waals surface area (Å²) in [5.41, 5.74) is 5.87. The fraction of sp³-hybridized carbons (Fsp3) is 0.857. The average molecular weight is 177 g/mol. The van der Waals surface area contributed by atoms with Gasteiger partial charge in [-0.05, 0) is 12.8 Å². The highest BCUT2D eigenvalue weighted by atomic mass is 35.5. The van der Waals surface area contributed by atoms with Crippen molar-refractivity contribution in [3.05, 3.63) is 0 Å². The number of hydrogen-bond donors (Lipinski definition) is 2. The van der Waals surface area contributed by atoms with Crippen LogP contribution in [-0.4, -0.2) is 18.5 Å².